The Morgan fingerprint density at radius 2 is 2.00 bits per heavy atom. The minimum absolute atomic E-state index is 0.543. The number of benzene rings is 1. The average molecular weight is 243 g/mol. The van der Waals surface area contributed by atoms with Crippen LogP contribution in [0.2, 0.25) is 0 Å². The molecule has 0 amide bonds. The number of imidazole rings is 1. The van der Waals surface area contributed by atoms with Crippen LogP contribution in [-0.4, -0.2) is 16.5 Å². The quantitative estimate of drug-likeness (QED) is 0.819. The molecule has 1 heterocycles. The Hall–Kier alpha value is -1.61. The summed E-state index contributed by atoms with van der Waals surface area (Å²) in [6.07, 6.45) is 3.64. The van der Waals surface area contributed by atoms with Gasteiger partial charge >= 0.3 is 0 Å². The zero-order valence-corrected chi connectivity index (χ0v) is 11.1. The van der Waals surface area contributed by atoms with Gasteiger partial charge in [-0.2, -0.15) is 0 Å². The summed E-state index contributed by atoms with van der Waals surface area (Å²) >= 11 is 0. The van der Waals surface area contributed by atoms with Crippen molar-refractivity contribution in [3.05, 3.63) is 54.1 Å². The minimum atomic E-state index is 0.543. The minimum Gasteiger partial charge on any atom is -0.348 e. The van der Waals surface area contributed by atoms with Crippen LogP contribution in [0.15, 0.2) is 42.7 Å². The van der Waals surface area contributed by atoms with Crippen molar-refractivity contribution >= 4 is 0 Å². The Morgan fingerprint density at radius 1 is 1.22 bits per heavy atom. The van der Waals surface area contributed by atoms with E-state index in [9.17, 15) is 0 Å². The molecule has 0 aliphatic carbocycles. The summed E-state index contributed by atoms with van der Waals surface area (Å²) in [7, 11) is 0. The highest BCUT2D eigenvalue weighted by Gasteiger charge is 2.14. The second-order valence-electron chi connectivity index (χ2n) is 4.93. The van der Waals surface area contributed by atoms with Crippen LogP contribution < -0.4 is 5.32 Å². The number of hydrogen-bond acceptors (Lipinski definition) is 2. The van der Waals surface area contributed by atoms with Gasteiger partial charge in [0.25, 0.3) is 0 Å². The van der Waals surface area contributed by atoms with E-state index in [1.807, 2.05) is 6.20 Å². The Balaban J connectivity index is 1.91. The topological polar surface area (TPSA) is 40.7 Å². The number of hydrogen-bond donors (Lipinski definition) is 2. The zero-order chi connectivity index (χ0) is 12.8. The predicted octanol–water partition coefficient (Wildman–Crippen LogP) is 2.94. The summed E-state index contributed by atoms with van der Waals surface area (Å²) in [5.74, 6) is 2.16. The van der Waals surface area contributed by atoms with Crippen molar-refractivity contribution in [2.45, 2.75) is 26.3 Å². The number of nitrogens with one attached hydrogen (secondary N) is 2. The SMILES string of the molecule is CC(C)C(CNCc1ncc[nH]1)c1ccccc1. The molecule has 1 aromatic carbocycles. The standard InChI is InChI=1S/C15H21N3/c1-12(2)14(13-6-4-3-5-7-13)10-16-11-15-17-8-9-18-15/h3-9,12,14,16H,10-11H2,1-2H3,(H,17,18). The van der Waals surface area contributed by atoms with E-state index in [1.165, 1.54) is 5.56 Å². The van der Waals surface area contributed by atoms with Crippen molar-refractivity contribution in [2.24, 2.45) is 5.92 Å². The molecule has 0 bridgehead atoms. The third-order valence-corrected chi connectivity index (χ3v) is 3.24. The van der Waals surface area contributed by atoms with Crippen molar-refractivity contribution in [1.82, 2.24) is 15.3 Å². The number of rotatable bonds is 6. The van der Waals surface area contributed by atoms with Crippen molar-refractivity contribution in [3.63, 3.8) is 0 Å². The van der Waals surface area contributed by atoms with E-state index in [2.05, 4.69) is 59.5 Å². The predicted molar refractivity (Wildman–Crippen MR) is 74.3 cm³/mol. The van der Waals surface area contributed by atoms with Gasteiger partial charge in [-0.15, -0.1) is 0 Å². The molecular formula is C15H21N3. The second kappa shape index (κ2) is 6.36. The van der Waals surface area contributed by atoms with E-state index in [-0.39, 0.29) is 0 Å². The Kier molecular flexibility index (Phi) is 4.53. The van der Waals surface area contributed by atoms with Crippen LogP contribution in [0.25, 0.3) is 0 Å². The zero-order valence-electron chi connectivity index (χ0n) is 11.1. The third-order valence-electron chi connectivity index (χ3n) is 3.24. The molecule has 0 aliphatic heterocycles. The molecule has 3 heteroatoms. The summed E-state index contributed by atoms with van der Waals surface area (Å²) in [5.41, 5.74) is 1.40. The summed E-state index contributed by atoms with van der Waals surface area (Å²) in [4.78, 5) is 7.32. The molecule has 0 aliphatic rings. The Labute approximate surface area is 109 Å². The second-order valence-corrected chi connectivity index (χ2v) is 4.93. The summed E-state index contributed by atoms with van der Waals surface area (Å²) in [5, 5.41) is 3.47. The van der Waals surface area contributed by atoms with Crippen LogP contribution in [0, 0.1) is 5.92 Å². The molecule has 2 rings (SSSR count). The van der Waals surface area contributed by atoms with E-state index in [4.69, 9.17) is 0 Å². The number of aromatic amines is 1. The highest BCUT2D eigenvalue weighted by Crippen LogP contribution is 2.23. The number of aromatic nitrogens is 2. The molecule has 2 N–H and O–H groups in total. The fourth-order valence-corrected chi connectivity index (χ4v) is 2.18. The molecule has 1 atom stereocenters. The van der Waals surface area contributed by atoms with Crippen molar-refractivity contribution in [3.8, 4) is 0 Å². The average Bonchev–Trinajstić information content (AvgIpc) is 2.88. The van der Waals surface area contributed by atoms with Crippen LogP contribution in [0.1, 0.15) is 31.2 Å². The van der Waals surface area contributed by atoms with Gasteiger partial charge in [0.1, 0.15) is 5.82 Å². The third kappa shape index (κ3) is 3.44. The number of nitrogens with zero attached hydrogens (tertiary/aromatic N) is 1. The highest BCUT2D eigenvalue weighted by atomic mass is 15.0. The first kappa shape index (κ1) is 12.8. The lowest BCUT2D eigenvalue weighted by atomic mass is 9.88. The van der Waals surface area contributed by atoms with E-state index < -0.39 is 0 Å². The maximum atomic E-state index is 4.21. The van der Waals surface area contributed by atoms with Crippen LogP contribution >= 0.6 is 0 Å². The molecule has 1 unspecified atom stereocenters. The maximum absolute atomic E-state index is 4.21. The fourth-order valence-electron chi connectivity index (χ4n) is 2.18. The molecule has 0 spiro atoms. The maximum Gasteiger partial charge on any atom is 0.120 e. The Bertz CT molecular complexity index is 434. The van der Waals surface area contributed by atoms with E-state index in [0.29, 0.717) is 11.8 Å². The van der Waals surface area contributed by atoms with Crippen LogP contribution in [0.3, 0.4) is 0 Å². The normalized spacial score (nSPS) is 12.8. The van der Waals surface area contributed by atoms with Crippen molar-refractivity contribution in [1.29, 1.82) is 0 Å². The first-order valence-corrected chi connectivity index (χ1v) is 6.51. The van der Waals surface area contributed by atoms with Gasteiger partial charge in [-0.1, -0.05) is 44.2 Å². The Morgan fingerprint density at radius 3 is 2.61 bits per heavy atom. The van der Waals surface area contributed by atoms with E-state index in [0.717, 1.165) is 18.9 Å². The molecule has 96 valence electrons. The van der Waals surface area contributed by atoms with Gasteiger partial charge in [0, 0.05) is 18.9 Å². The first-order chi connectivity index (χ1) is 8.77. The lowest BCUT2D eigenvalue weighted by molar-refractivity contribution is 0.458. The lowest BCUT2D eigenvalue weighted by Crippen LogP contribution is -2.24. The smallest absolute Gasteiger partial charge is 0.120 e. The van der Waals surface area contributed by atoms with Gasteiger partial charge in [-0.25, -0.2) is 4.98 Å². The molecule has 0 fully saturated rings. The highest BCUT2D eigenvalue weighted by molar-refractivity contribution is 5.20. The summed E-state index contributed by atoms with van der Waals surface area (Å²) < 4.78 is 0. The van der Waals surface area contributed by atoms with Crippen molar-refractivity contribution in [2.75, 3.05) is 6.54 Å². The lowest BCUT2D eigenvalue weighted by Gasteiger charge is -2.21. The van der Waals surface area contributed by atoms with Gasteiger partial charge in [0.2, 0.25) is 0 Å². The van der Waals surface area contributed by atoms with Gasteiger partial charge in [0.15, 0.2) is 0 Å². The molecular weight excluding hydrogens is 222 g/mol. The first-order valence-electron chi connectivity index (χ1n) is 6.51. The molecule has 0 radical (unpaired) electrons. The van der Waals surface area contributed by atoms with Gasteiger partial charge < -0.3 is 10.3 Å². The van der Waals surface area contributed by atoms with Gasteiger partial charge in [-0.3, -0.25) is 0 Å². The van der Waals surface area contributed by atoms with Crippen LogP contribution in [0.5, 0.6) is 0 Å². The van der Waals surface area contributed by atoms with E-state index >= 15 is 0 Å². The van der Waals surface area contributed by atoms with Gasteiger partial charge in [-0.05, 0) is 17.4 Å². The van der Waals surface area contributed by atoms with Crippen molar-refractivity contribution < 1.29 is 0 Å². The van der Waals surface area contributed by atoms with Crippen LogP contribution in [-0.2, 0) is 6.54 Å². The molecule has 2 aromatic rings. The largest absolute Gasteiger partial charge is 0.348 e. The molecule has 0 saturated carbocycles. The molecule has 1 aromatic heterocycles. The fraction of sp³-hybridized carbons (Fsp3) is 0.400. The van der Waals surface area contributed by atoms with Crippen LogP contribution in [0.4, 0.5) is 0 Å². The number of H-pyrrole nitrogens is 1. The monoisotopic (exact) mass is 243 g/mol. The molecule has 3 nitrogen and oxygen atoms in total. The summed E-state index contributed by atoms with van der Waals surface area (Å²) in [6, 6.07) is 10.7. The van der Waals surface area contributed by atoms with Gasteiger partial charge in [0.05, 0.1) is 6.54 Å². The molecule has 0 saturated heterocycles. The molecule has 18 heavy (non-hydrogen) atoms. The summed E-state index contributed by atoms with van der Waals surface area (Å²) in [6.45, 7) is 6.31. The van der Waals surface area contributed by atoms with E-state index in [1.54, 1.807) is 6.20 Å².